The molecule has 1 aromatic heterocycles. The van der Waals surface area contributed by atoms with E-state index in [2.05, 4.69) is 5.32 Å². The molecule has 0 aliphatic rings. The van der Waals surface area contributed by atoms with Crippen LogP contribution < -0.4 is 9.88 Å². The van der Waals surface area contributed by atoms with Crippen LogP contribution >= 0.6 is 12.2 Å². The van der Waals surface area contributed by atoms with Gasteiger partial charge in [0.15, 0.2) is 23.1 Å². The molecule has 0 saturated carbocycles. The number of rotatable bonds is 4. The maximum atomic E-state index is 13.3. The number of benzene rings is 2. The molecule has 0 radical (unpaired) electrons. The Morgan fingerprint density at radius 1 is 0.964 bits per heavy atom. The fraction of sp³-hybridized carbons (Fsp3) is 0.130. The molecular weight excluding hydrogens is 371 g/mol. The molecule has 0 saturated heterocycles. The Balaban J connectivity index is 2.12. The van der Waals surface area contributed by atoms with Gasteiger partial charge in [-0.15, -0.1) is 0 Å². The van der Waals surface area contributed by atoms with E-state index in [1.54, 1.807) is 4.57 Å². The largest absolute Gasteiger partial charge is 0.502 e. The minimum atomic E-state index is -0.363. The molecule has 3 nitrogen and oxygen atoms in total. The van der Waals surface area contributed by atoms with E-state index in [4.69, 9.17) is 12.2 Å². The van der Waals surface area contributed by atoms with Gasteiger partial charge < -0.3 is 10.4 Å². The Labute approximate surface area is 169 Å². The van der Waals surface area contributed by atoms with Gasteiger partial charge in [0, 0.05) is 22.9 Å². The summed E-state index contributed by atoms with van der Waals surface area (Å²) in [4.78, 5) is 0.370. The van der Waals surface area contributed by atoms with Gasteiger partial charge in [-0.1, -0.05) is 30.4 Å². The summed E-state index contributed by atoms with van der Waals surface area (Å²) >= 11 is 5.68. The standard InChI is InChI=1S/C23H21FN2OS/c1-15-6-5-13-26(14-15)21(22(27)18-9-11-19(24)12-10-18)23(28)25-20-16(2)7-4-8-17(20)3/h4-14H,1-3H3,(H-,25,27,28)/p+1. The lowest BCUT2D eigenvalue weighted by atomic mass is 10.1. The van der Waals surface area contributed by atoms with Crippen molar-refractivity contribution in [3.63, 3.8) is 0 Å². The highest BCUT2D eigenvalue weighted by Gasteiger charge is 2.24. The molecule has 0 fully saturated rings. The summed E-state index contributed by atoms with van der Waals surface area (Å²) in [6, 6.07) is 15.5. The average Bonchev–Trinajstić information content (AvgIpc) is 2.65. The Morgan fingerprint density at radius 2 is 1.61 bits per heavy atom. The molecule has 0 amide bonds. The first-order valence-electron chi connectivity index (χ1n) is 8.92. The highest BCUT2D eigenvalue weighted by molar-refractivity contribution is 7.81. The number of pyridine rings is 1. The number of aryl methyl sites for hydroxylation is 3. The van der Waals surface area contributed by atoms with Crippen molar-refractivity contribution in [1.82, 2.24) is 0 Å². The van der Waals surface area contributed by atoms with Gasteiger partial charge in [0.1, 0.15) is 5.82 Å². The predicted octanol–water partition coefficient (Wildman–Crippen LogP) is 5.36. The number of hydrogen-bond acceptors (Lipinski definition) is 2. The molecule has 2 N–H and O–H groups in total. The number of aliphatic hydroxyl groups is 1. The van der Waals surface area contributed by atoms with Crippen LogP contribution in [0.5, 0.6) is 0 Å². The van der Waals surface area contributed by atoms with E-state index in [0.717, 1.165) is 22.4 Å². The van der Waals surface area contributed by atoms with Crippen LogP contribution in [0.1, 0.15) is 22.3 Å². The monoisotopic (exact) mass is 393 g/mol. The summed E-state index contributed by atoms with van der Waals surface area (Å²) in [5.74, 6) is -0.392. The summed E-state index contributed by atoms with van der Waals surface area (Å²) in [5, 5.41) is 14.3. The third-order valence-corrected chi connectivity index (χ3v) is 4.78. The quantitative estimate of drug-likeness (QED) is 0.271. The summed E-state index contributed by atoms with van der Waals surface area (Å²) in [6.07, 6.45) is 3.70. The van der Waals surface area contributed by atoms with Crippen molar-refractivity contribution in [3.05, 3.63) is 95.1 Å². The van der Waals surface area contributed by atoms with Gasteiger partial charge >= 0.3 is 0 Å². The minimum Gasteiger partial charge on any atom is -0.502 e. The number of aliphatic hydroxyl groups excluding tert-OH is 1. The fourth-order valence-corrected chi connectivity index (χ4v) is 3.31. The first-order chi connectivity index (χ1) is 13.4. The van der Waals surface area contributed by atoms with E-state index in [9.17, 15) is 9.50 Å². The Kier molecular flexibility index (Phi) is 5.85. The molecule has 0 bridgehead atoms. The second-order valence-electron chi connectivity index (χ2n) is 6.71. The molecule has 3 aromatic rings. The van der Waals surface area contributed by atoms with Gasteiger partial charge in [0.2, 0.25) is 0 Å². The number of nitrogens with one attached hydrogen (secondary N) is 1. The van der Waals surface area contributed by atoms with Crippen LogP contribution in [0.2, 0.25) is 0 Å². The molecule has 2 aromatic carbocycles. The Morgan fingerprint density at radius 3 is 2.21 bits per heavy atom. The molecular formula is C23H22FN2OS+. The van der Waals surface area contributed by atoms with E-state index in [0.29, 0.717) is 16.2 Å². The van der Waals surface area contributed by atoms with Gasteiger partial charge in [0.05, 0.1) is 0 Å². The van der Waals surface area contributed by atoms with Crippen LogP contribution in [0.15, 0.2) is 67.0 Å². The van der Waals surface area contributed by atoms with Crippen molar-refractivity contribution in [2.24, 2.45) is 0 Å². The third kappa shape index (κ3) is 4.26. The zero-order valence-corrected chi connectivity index (χ0v) is 16.8. The van der Waals surface area contributed by atoms with Gasteiger partial charge in [0.25, 0.3) is 5.70 Å². The number of aromatic nitrogens is 1. The fourth-order valence-electron chi connectivity index (χ4n) is 3.01. The molecule has 28 heavy (non-hydrogen) atoms. The Bertz CT molecular complexity index is 1040. The number of para-hydroxylation sites is 1. The number of anilines is 1. The average molecular weight is 394 g/mol. The molecule has 0 spiro atoms. The van der Waals surface area contributed by atoms with E-state index in [-0.39, 0.29) is 11.6 Å². The predicted molar refractivity (Wildman–Crippen MR) is 116 cm³/mol. The SMILES string of the molecule is Cc1ccc[n+](C(C(=S)Nc2c(C)cccc2C)=C(O)c2ccc(F)cc2)c1. The molecule has 5 heteroatoms. The van der Waals surface area contributed by atoms with Crippen molar-refractivity contribution in [2.45, 2.75) is 20.8 Å². The van der Waals surface area contributed by atoms with E-state index < -0.39 is 0 Å². The molecule has 0 unspecified atom stereocenters. The highest BCUT2D eigenvalue weighted by Crippen LogP contribution is 2.23. The van der Waals surface area contributed by atoms with E-state index in [1.807, 2.05) is 63.5 Å². The zero-order valence-electron chi connectivity index (χ0n) is 16.0. The summed E-state index contributed by atoms with van der Waals surface area (Å²) in [7, 11) is 0. The van der Waals surface area contributed by atoms with Gasteiger partial charge in [-0.25, -0.2) is 4.39 Å². The van der Waals surface area contributed by atoms with Crippen LogP contribution in [-0.4, -0.2) is 10.1 Å². The number of thiocarbonyl (C=S) groups is 1. The zero-order chi connectivity index (χ0) is 20.3. The van der Waals surface area contributed by atoms with E-state index >= 15 is 0 Å². The van der Waals surface area contributed by atoms with Crippen molar-refractivity contribution in [3.8, 4) is 0 Å². The molecule has 0 atom stereocenters. The normalized spacial score (nSPS) is 11.7. The highest BCUT2D eigenvalue weighted by atomic mass is 32.1. The van der Waals surface area contributed by atoms with Crippen molar-refractivity contribution >= 4 is 34.3 Å². The lowest BCUT2D eigenvalue weighted by Gasteiger charge is -2.14. The number of hydrogen-bond donors (Lipinski definition) is 2. The minimum absolute atomic E-state index is 0.0284. The van der Waals surface area contributed by atoms with Crippen molar-refractivity contribution in [1.29, 1.82) is 0 Å². The first-order valence-corrected chi connectivity index (χ1v) is 9.32. The molecule has 3 rings (SSSR count). The van der Waals surface area contributed by atoms with Crippen LogP contribution in [-0.2, 0) is 0 Å². The van der Waals surface area contributed by atoms with Crippen LogP contribution in [0.4, 0.5) is 10.1 Å². The Hall–Kier alpha value is -3.05. The first kappa shape index (κ1) is 19.7. The maximum absolute atomic E-state index is 13.3. The van der Waals surface area contributed by atoms with Crippen molar-refractivity contribution in [2.75, 3.05) is 5.32 Å². The van der Waals surface area contributed by atoms with Gasteiger partial charge in [-0.3, -0.25) is 0 Å². The van der Waals surface area contributed by atoms with Crippen LogP contribution in [0.3, 0.4) is 0 Å². The van der Waals surface area contributed by atoms with E-state index in [1.165, 1.54) is 24.3 Å². The van der Waals surface area contributed by atoms with Crippen molar-refractivity contribution < 1.29 is 14.1 Å². The van der Waals surface area contributed by atoms with Crippen LogP contribution in [0.25, 0.3) is 11.5 Å². The smallest absolute Gasteiger partial charge is 0.288 e. The topological polar surface area (TPSA) is 36.1 Å². The molecule has 142 valence electrons. The van der Waals surface area contributed by atoms with Crippen LogP contribution in [0, 0.1) is 26.6 Å². The molecule has 0 aliphatic heterocycles. The van der Waals surface area contributed by atoms with Gasteiger partial charge in [-0.2, -0.15) is 4.57 Å². The molecule has 0 aliphatic carbocycles. The second-order valence-corrected chi connectivity index (χ2v) is 7.12. The number of halogens is 1. The molecule has 1 heterocycles. The lowest BCUT2D eigenvalue weighted by molar-refractivity contribution is -0.576. The number of nitrogens with zero attached hydrogens (tertiary/aromatic N) is 1. The summed E-state index contributed by atoms with van der Waals surface area (Å²) in [5.41, 5.74) is 4.94. The maximum Gasteiger partial charge on any atom is 0.288 e. The summed E-state index contributed by atoms with van der Waals surface area (Å²) < 4.78 is 15.1. The van der Waals surface area contributed by atoms with Gasteiger partial charge in [-0.05, 0) is 62.2 Å². The lowest BCUT2D eigenvalue weighted by Crippen LogP contribution is -2.39. The second kappa shape index (κ2) is 8.31. The summed E-state index contributed by atoms with van der Waals surface area (Å²) in [6.45, 7) is 5.97. The third-order valence-electron chi connectivity index (χ3n) is 4.48.